The highest BCUT2D eigenvalue weighted by molar-refractivity contribution is 7.93. The van der Waals surface area contributed by atoms with E-state index in [1.165, 1.54) is 26.5 Å². The number of anilines is 2. The highest BCUT2D eigenvalue weighted by atomic mass is 32.2. The number of aromatic nitrogens is 3. The number of ether oxygens (including phenoxy) is 2. The molecule has 0 aliphatic heterocycles. The first-order valence-corrected chi connectivity index (χ1v) is 12.9. The lowest BCUT2D eigenvalue weighted by atomic mass is 10.2. The van der Waals surface area contributed by atoms with Crippen LogP contribution in [0.15, 0.2) is 39.8 Å². The van der Waals surface area contributed by atoms with Crippen LogP contribution in [-0.4, -0.2) is 58.5 Å². The fraction of sp³-hybridized carbons (Fsp3) is 0.235. The van der Waals surface area contributed by atoms with Crippen LogP contribution in [0.4, 0.5) is 11.6 Å². The van der Waals surface area contributed by atoms with Crippen molar-refractivity contribution >= 4 is 42.6 Å². The van der Waals surface area contributed by atoms with Crippen molar-refractivity contribution in [3.8, 4) is 22.1 Å². The van der Waals surface area contributed by atoms with E-state index in [2.05, 4.69) is 20.3 Å². The van der Waals surface area contributed by atoms with Crippen LogP contribution in [0, 0.1) is 0 Å². The summed E-state index contributed by atoms with van der Waals surface area (Å²) in [6.07, 6.45) is 3.35. The van der Waals surface area contributed by atoms with E-state index in [1.54, 1.807) is 18.2 Å². The van der Waals surface area contributed by atoms with Crippen molar-refractivity contribution in [2.45, 2.75) is 9.37 Å². The number of hydrogen-bond donors (Lipinski definition) is 1. The molecule has 0 bridgehead atoms. The standard InChI is InChI=1S/C17H18N4O6S3/c1-26-12-6-5-10(9-13(12)27-2)19-16-18-8-7-11(20-16)14-15(29(3,22)23)21-17(28-14)30(4,24)25/h5-9H,1-4H3,(H,18,19,20). The summed E-state index contributed by atoms with van der Waals surface area (Å²) in [4.78, 5) is 12.4. The molecule has 0 spiro atoms. The van der Waals surface area contributed by atoms with E-state index in [0.717, 1.165) is 23.8 Å². The van der Waals surface area contributed by atoms with Gasteiger partial charge < -0.3 is 14.8 Å². The van der Waals surface area contributed by atoms with Crippen LogP contribution >= 0.6 is 11.3 Å². The minimum absolute atomic E-state index is 0.121. The van der Waals surface area contributed by atoms with Crippen LogP contribution in [0.25, 0.3) is 10.6 Å². The average molecular weight is 471 g/mol. The minimum Gasteiger partial charge on any atom is -0.493 e. The molecule has 0 atom stereocenters. The van der Waals surface area contributed by atoms with Crippen LogP contribution in [0.2, 0.25) is 0 Å². The molecule has 0 fully saturated rings. The lowest BCUT2D eigenvalue weighted by molar-refractivity contribution is 0.355. The van der Waals surface area contributed by atoms with Crippen molar-refractivity contribution in [1.29, 1.82) is 0 Å². The van der Waals surface area contributed by atoms with Gasteiger partial charge in [-0.25, -0.2) is 31.8 Å². The highest BCUT2D eigenvalue weighted by Crippen LogP contribution is 2.35. The number of rotatable bonds is 7. The maximum absolute atomic E-state index is 12.1. The van der Waals surface area contributed by atoms with Gasteiger partial charge in [0.15, 0.2) is 26.4 Å². The molecule has 1 aromatic carbocycles. The Bertz CT molecular complexity index is 1300. The molecular weight excluding hydrogens is 452 g/mol. The second-order valence-corrected chi connectivity index (χ2v) is 11.2. The fourth-order valence-corrected chi connectivity index (χ4v) is 5.62. The molecule has 0 radical (unpaired) electrons. The number of sulfone groups is 2. The number of methoxy groups -OCH3 is 2. The Kier molecular flexibility index (Phi) is 5.97. The quantitative estimate of drug-likeness (QED) is 0.547. The smallest absolute Gasteiger partial charge is 0.227 e. The maximum Gasteiger partial charge on any atom is 0.227 e. The molecule has 10 nitrogen and oxygen atoms in total. The van der Waals surface area contributed by atoms with E-state index in [4.69, 9.17) is 9.47 Å². The molecule has 0 unspecified atom stereocenters. The van der Waals surface area contributed by atoms with E-state index in [9.17, 15) is 16.8 Å². The minimum atomic E-state index is -3.79. The van der Waals surface area contributed by atoms with Gasteiger partial charge in [0.25, 0.3) is 0 Å². The fourth-order valence-electron chi connectivity index (χ4n) is 2.45. The molecule has 2 heterocycles. The molecule has 3 rings (SSSR count). The number of thiazole rings is 1. The van der Waals surface area contributed by atoms with Gasteiger partial charge in [0, 0.05) is 30.5 Å². The first-order chi connectivity index (χ1) is 14.0. The van der Waals surface area contributed by atoms with Crippen LogP contribution in [0.5, 0.6) is 11.5 Å². The van der Waals surface area contributed by atoms with Gasteiger partial charge in [0.1, 0.15) is 0 Å². The molecule has 0 aliphatic carbocycles. The van der Waals surface area contributed by atoms with Crippen molar-refractivity contribution < 1.29 is 26.3 Å². The zero-order chi connectivity index (χ0) is 22.1. The SMILES string of the molecule is COc1ccc(Nc2nccc(-c3sc(S(C)(=O)=O)nc3S(C)(=O)=O)n2)cc1OC. The molecule has 160 valence electrons. The highest BCUT2D eigenvalue weighted by Gasteiger charge is 2.26. The van der Waals surface area contributed by atoms with Crippen molar-refractivity contribution in [3.63, 3.8) is 0 Å². The summed E-state index contributed by atoms with van der Waals surface area (Å²) in [6.45, 7) is 0. The van der Waals surface area contributed by atoms with Gasteiger partial charge in [0.05, 0.1) is 24.8 Å². The molecule has 30 heavy (non-hydrogen) atoms. The summed E-state index contributed by atoms with van der Waals surface area (Å²) in [5, 5.41) is 2.65. The number of nitrogens with zero attached hydrogens (tertiary/aromatic N) is 3. The first-order valence-electron chi connectivity index (χ1n) is 8.26. The molecule has 0 saturated heterocycles. The molecule has 0 amide bonds. The van der Waals surface area contributed by atoms with Gasteiger partial charge in [0.2, 0.25) is 20.1 Å². The summed E-state index contributed by atoms with van der Waals surface area (Å²) in [7, 11) is -4.44. The molecule has 0 aliphatic rings. The number of benzene rings is 1. The number of nitrogens with one attached hydrogen (secondary N) is 1. The van der Waals surface area contributed by atoms with E-state index >= 15 is 0 Å². The summed E-state index contributed by atoms with van der Waals surface area (Å²) < 4.78 is 58.2. The normalized spacial score (nSPS) is 11.9. The van der Waals surface area contributed by atoms with E-state index in [-0.39, 0.29) is 25.9 Å². The first kappa shape index (κ1) is 21.9. The van der Waals surface area contributed by atoms with Crippen molar-refractivity contribution in [1.82, 2.24) is 15.0 Å². The summed E-state index contributed by atoms with van der Waals surface area (Å²) in [5.41, 5.74) is 0.829. The summed E-state index contributed by atoms with van der Waals surface area (Å²) in [5.74, 6) is 1.22. The predicted molar refractivity (Wildman–Crippen MR) is 112 cm³/mol. The molecular formula is C17H18N4O6S3. The van der Waals surface area contributed by atoms with Gasteiger partial charge in [-0.3, -0.25) is 0 Å². The van der Waals surface area contributed by atoms with Crippen LogP contribution in [0.3, 0.4) is 0 Å². The zero-order valence-corrected chi connectivity index (χ0v) is 18.9. The van der Waals surface area contributed by atoms with E-state index in [1.807, 2.05) is 0 Å². The Morgan fingerprint density at radius 2 is 1.63 bits per heavy atom. The topological polar surface area (TPSA) is 137 Å². The predicted octanol–water partition coefficient (Wildman–Crippen LogP) is 2.17. The lowest BCUT2D eigenvalue weighted by Crippen LogP contribution is -2.03. The molecule has 0 saturated carbocycles. The van der Waals surface area contributed by atoms with Gasteiger partial charge >= 0.3 is 0 Å². The number of hydrogen-bond acceptors (Lipinski definition) is 11. The third kappa shape index (κ3) is 4.68. The summed E-state index contributed by atoms with van der Waals surface area (Å²) in [6, 6.07) is 6.60. The Labute approximate surface area is 177 Å². The Balaban J connectivity index is 2.03. The largest absolute Gasteiger partial charge is 0.493 e. The van der Waals surface area contributed by atoms with Crippen molar-refractivity contribution in [3.05, 3.63) is 30.5 Å². The van der Waals surface area contributed by atoms with E-state index < -0.39 is 19.7 Å². The van der Waals surface area contributed by atoms with Crippen LogP contribution in [0.1, 0.15) is 0 Å². The molecule has 2 aromatic heterocycles. The van der Waals surface area contributed by atoms with Crippen molar-refractivity contribution in [2.24, 2.45) is 0 Å². The van der Waals surface area contributed by atoms with Crippen LogP contribution in [-0.2, 0) is 19.7 Å². The van der Waals surface area contributed by atoms with E-state index in [0.29, 0.717) is 17.2 Å². The maximum atomic E-state index is 12.1. The molecule has 3 aromatic rings. The third-order valence-corrected chi connectivity index (χ3v) is 7.66. The monoisotopic (exact) mass is 470 g/mol. The van der Waals surface area contributed by atoms with Crippen molar-refractivity contribution in [2.75, 3.05) is 32.0 Å². The Hall–Kier alpha value is -2.77. The molecule has 13 heteroatoms. The van der Waals surface area contributed by atoms with Gasteiger partial charge in [-0.2, -0.15) is 0 Å². The Morgan fingerprint density at radius 1 is 0.933 bits per heavy atom. The Morgan fingerprint density at radius 3 is 2.23 bits per heavy atom. The van der Waals surface area contributed by atoms with Gasteiger partial charge in [-0.05, 0) is 18.2 Å². The second-order valence-electron chi connectivity index (χ2n) is 6.12. The lowest BCUT2D eigenvalue weighted by Gasteiger charge is -2.11. The van der Waals surface area contributed by atoms with Gasteiger partial charge in [-0.15, -0.1) is 0 Å². The zero-order valence-electron chi connectivity index (χ0n) is 16.4. The second kappa shape index (κ2) is 8.16. The van der Waals surface area contributed by atoms with Gasteiger partial charge in [-0.1, -0.05) is 11.3 Å². The third-order valence-electron chi connectivity index (χ3n) is 3.77. The summed E-state index contributed by atoms with van der Waals surface area (Å²) >= 11 is 0.740. The van der Waals surface area contributed by atoms with Crippen LogP contribution < -0.4 is 14.8 Å². The molecule has 1 N–H and O–H groups in total. The average Bonchev–Trinajstić information content (AvgIpc) is 3.14.